The van der Waals surface area contributed by atoms with Gasteiger partial charge in [-0.2, -0.15) is 5.10 Å². The zero-order chi connectivity index (χ0) is 21.4. The number of nitrogens with zero attached hydrogens (tertiary/aromatic N) is 3. The third-order valence-electron chi connectivity index (χ3n) is 4.76. The van der Waals surface area contributed by atoms with Gasteiger partial charge in [0, 0.05) is 22.7 Å². The molecular formula is C22H19ClF2N4O. The normalized spacial score (nSPS) is 12.3. The van der Waals surface area contributed by atoms with Gasteiger partial charge in [0.1, 0.15) is 23.7 Å². The number of para-hydroxylation sites is 1. The van der Waals surface area contributed by atoms with Gasteiger partial charge in [-0.25, -0.2) is 18.4 Å². The van der Waals surface area contributed by atoms with Crippen molar-refractivity contribution >= 4 is 22.5 Å². The Morgan fingerprint density at radius 2 is 2.00 bits per heavy atom. The topological polar surface area (TPSA) is 66.0 Å². The first-order chi connectivity index (χ1) is 14.3. The molecule has 0 aliphatic carbocycles. The lowest BCUT2D eigenvalue weighted by molar-refractivity contribution is 0.307. The predicted molar refractivity (Wildman–Crippen MR) is 112 cm³/mol. The van der Waals surface area contributed by atoms with Crippen LogP contribution in [0.3, 0.4) is 0 Å². The van der Waals surface area contributed by atoms with E-state index in [-0.39, 0.29) is 11.6 Å². The van der Waals surface area contributed by atoms with Crippen molar-refractivity contribution in [1.29, 1.82) is 0 Å². The van der Waals surface area contributed by atoms with Crippen LogP contribution in [0.15, 0.2) is 48.8 Å². The Morgan fingerprint density at radius 3 is 2.70 bits per heavy atom. The Hall–Kier alpha value is -3.03. The van der Waals surface area contributed by atoms with E-state index in [0.29, 0.717) is 28.1 Å². The molecule has 2 N–H and O–H groups in total. The van der Waals surface area contributed by atoms with Gasteiger partial charge in [0.15, 0.2) is 5.82 Å². The first-order valence-electron chi connectivity index (χ1n) is 9.30. The first-order valence-corrected chi connectivity index (χ1v) is 9.68. The maximum Gasteiger partial charge on any atom is 0.161 e. The summed E-state index contributed by atoms with van der Waals surface area (Å²) in [5, 5.41) is 5.06. The molecule has 5 nitrogen and oxygen atoms in total. The fourth-order valence-electron chi connectivity index (χ4n) is 3.40. The molecule has 0 saturated heterocycles. The fourth-order valence-corrected chi connectivity index (χ4v) is 3.67. The average molecular weight is 429 g/mol. The number of pyridine rings is 1. The molecule has 0 aliphatic rings. The monoisotopic (exact) mass is 428 g/mol. The fraction of sp³-hybridized carbons (Fsp3) is 0.182. The van der Waals surface area contributed by atoms with E-state index in [1.165, 1.54) is 23.0 Å². The van der Waals surface area contributed by atoms with Crippen LogP contribution in [0.2, 0.25) is 5.02 Å². The Bertz CT molecular complexity index is 1240. The number of rotatable bonds is 5. The molecule has 0 radical (unpaired) electrons. The summed E-state index contributed by atoms with van der Waals surface area (Å²) in [6.45, 7) is 3.69. The van der Waals surface area contributed by atoms with Gasteiger partial charge in [-0.1, -0.05) is 23.7 Å². The molecule has 0 saturated carbocycles. The van der Waals surface area contributed by atoms with Crippen LogP contribution < -0.4 is 10.5 Å². The van der Waals surface area contributed by atoms with E-state index >= 15 is 0 Å². The average Bonchev–Trinajstić information content (AvgIpc) is 3.12. The number of ether oxygens (including phenoxy) is 1. The van der Waals surface area contributed by atoms with Crippen LogP contribution in [0.5, 0.6) is 5.75 Å². The molecule has 0 bridgehead atoms. The Balaban J connectivity index is 1.76. The lowest BCUT2D eigenvalue weighted by Crippen LogP contribution is -2.11. The van der Waals surface area contributed by atoms with Gasteiger partial charge in [0.2, 0.25) is 0 Å². The molecule has 2 aromatic heterocycles. The van der Waals surface area contributed by atoms with Crippen LogP contribution in [0.4, 0.5) is 8.78 Å². The maximum atomic E-state index is 13.8. The van der Waals surface area contributed by atoms with Crippen molar-refractivity contribution in [2.24, 2.45) is 5.73 Å². The highest BCUT2D eigenvalue weighted by Crippen LogP contribution is 2.32. The van der Waals surface area contributed by atoms with Crippen molar-refractivity contribution in [3.05, 3.63) is 82.3 Å². The largest absolute Gasteiger partial charge is 0.487 e. The van der Waals surface area contributed by atoms with Crippen LogP contribution in [-0.2, 0) is 6.61 Å². The summed E-state index contributed by atoms with van der Waals surface area (Å²) in [5.41, 5.74) is 9.19. The van der Waals surface area contributed by atoms with Crippen LogP contribution in [0.25, 0.3) is 16.6 Å². The minimum atomic E-state index is -0.449. The Morgan fingerprint density at radius 1 is 1.20 bits per heavy atom. The van der Waals surface area contributed by atoms with Gasteiger partial charge in [-0.3, -0.25) is 0 Å². The van der Waals surface area contributed by atoms with E-state index in [4.69, 9.17) is 22.1 Å². The second-order valence-corrected chi connectivity index (χ2v) is 7.48. The molecule has 0 aliphatic heterocycles. The number of aromatic nitrogens is 3. The van der Waals surface area contributed by atoms with Crippen molar-refractivity contribution in [2.45, 2.75) is 26.5 Å². The maximum absolute atomic E-state index is 13.8. The molecule has 1 atom stereocenters. The zero-order valence-electron chi connectivity index (χ0n) is 16.4. The molecule has 4 aromatic rings. The van der Waals surface area contributed by atoms with Crippen LogP contribution >= 0.6 is 11.6 Å². The van der Waals surface area contributed by atoms with Gasteiger partial charge in [-0.15, -0.1) is 0 Å². The number of halogens is 3. The van der Waals surface area contributed by atoms with Gasteiger partial charge in [0.25, 0.3) is 0 Å². The second kappa shape index (κ2) is 8.01. The highest BCUT2D eigenvalue weighted by atomic mass is 35.5. The number of benzene rings is 2. The number of hydrogen-bond donors (Lipinski definition) is 1. The zero-order valence-corrected chi connectivity index (χ0v) is 17.1. The van der Waals surface area contributed by atoms with Crippen LogP contribution in [0.1, 0.15) is 29.8 Å². The minimum Gasteiger partial charge on any atom is -0.487 e. The summed E-state index contributed by atoms with van der Waals surface area (Å²) in [4.78, 5) is 4.60. The summed E-state index contributed by atoms with van der Waals surface area (Å²) in [7, 11) is 0. The van der Waals surface area contributed by atoms with Crippen molar-refractivity contribution in [1.82, 2.24) is 14.8 Å². The molecule has 0 amide bonds. The lowest BCUT2D eigenvalue weighted by Gasteiger charge is -2.17. The second-order valence-electron chi connectivity index (χ2n) is 7.07. The van der Waals surface area contributed by atoms with Crippen LogP contribution in [0, 0.1) is 18.6 Å². The smallest absolute Gasteiger partial charge is 0.161 e. The van der Waals surface area contributed by atoms with E-state index in [2.05, 4.69) is 10.1 Å². The number of nitrogens with two attached hydrogens (primary N) is 1. The lowest BCUT2D eigenvalue weighted by atomic mass is 10.0. The molecule has 2 aromatic carbocycles. The quantitative estimate of drug-likeness (QED) is 0.471. The molecule has 2 heterocycles. The van der Waals surface area contributed by atoms with E-state index in [9.17, 15) is 8.78 Å². The minimum absolute atomic E-state index is 0.0937. The Labute approximate surface area is 177 Å². The third kappa shape index (κ3) is 3.86. The highest BCUT2D eigenvalue weighted by Gasteiger charge is 2.16. The van der Waals surface area contributed by atoms with E-state index in [1.807, 2.05) is 25.1 Å². The van der Waals surface area contributed by atoms with E-state index in [1.54, 1.807) is 13.0 Å². The molecule has 0 spiro atoms. The van der Waals surface area contributed by atoms with Gasteiger partial charge in [-0.05, 0) is 43.7 Å². The molecule has 0 fully saturated rings. The van der Waals surface area contributed by atoms with Crippen molar-refractivity contribution in [3.63, 3.8) is 0 Å². The summed E-state index contributed by atoms with van der Waals surface area (Å²) in [6, 6.07) is 9.48. The number of hydrogen-bond acceptors (Lipinski definition) is 4. The van der Waals surface area contributed by atoms with E-state index < -0.39 is 17.7 Å². The summed E-state index contributed by atoms with van der Waals surface area (Å²) >= 11 is 6.26. The highest BCUT2D eigenvalue weighted by molar-refractivity contribution is 6.31. The molecule has 154 valence electrons. The van der Waals surface area contributed by atoms with Gasteiger partial charge >= 0.3 is 0 Å². The summed E-state index contributed by atoms with van der Waals surface area (Å²) in [6.07, 6.45) is 2.45. The molecular weight excluding hydrogens is 410 g/mol. The van der Waals surface area contributed by atoms with E-state index in [0.717, 1.165) is 17.3 Å². The number of aryl methyl sites for hydroxylation is 1. The summed E-state index contributed by atoms with van der Waals surface area (Å²) < 4.78 is 34.8. The van der Waals surface area contributed by atoms with Crippen molar-refractivity contribution in [2.75, 3.05) is 0 Å². The SMILES string of the molecule is Cc1cc(-n2cc(F)cn2)c2cccc(OCc3c(Cl)cc(F)cc3C(C)N)c2n1. The Kier molecular flexibility index (Phi) is 5.40. The summed E-state index contributed by atoms with van der Waals surface area (Å²) in [5.74, 6) is -0.366. The van der Waals surface area contributed by atoms with Crippen molar-refractivity contribution < 1.29 is 13.5 Å². The standard InChI is InChI=1S/C22H19ClF2N4O/c1-12-6-20(29-10-15(25)9-27-29)16-4-3-5-21(22(16)28-12)30-11-18-17(13(2)26)7-14(24)8-19(18)23/h3-10,13H,11,26H2,1-2H3. The molecule has 1 unspecified atom stereocenters. The van der Waals surface area contributed by atoms with Crippen molar-refractivity contribution in [3.8, 4) is 11.4 Å². The molecule has 8 heteroatoms. The van der Waals surface area contributed by atoms with Crippen LogP contribution in [-0.4, -0.2) is 14.8 Å². The third-order valence-corrected chi connectivity index (χ3v) is 5.10. The van der Waals surface area contributed by atoms with Gasteiger partial charge < -0.3 is 10.5 Å². The number of fused-ring (bicyclic) bond motifs is 1. The first kappa shape index (κ1) is 20.3. The molecule has 30 heavy (non-hydrogen) atoms. The molecule has 4 rings (SSSR count). The predicted octanol–water partition coefficient (Wildman–Crippen LogP) is 5.26. The van der Waals surface area contributed by atoms with Gasteiger partial charge in [0.05, 0.1) is 23.1 Å².